The van der Waals surface area contributed by atoms with Crippen molar-refractivity contribution >= 4 is 98.0 Å². The van der Waals surface area contributed by atoms with E-state index in [1.165, 1.54) is 60.1 Å². The fraction of sp³-hybridized carbons (Fsp3) is 0.0282. The van der Waals surface area contributed by atoms with Gasteiger partial charge in [0.15, 0.2) is 17.5 Å². The smallest absolute Gasteiger partial charge is 0.167 e. The van der Waals surface area contributed by atoms with Crippen molar-refractivity contribution in [3.63, 3.8) is 0 Å². The van der Waals surface area contributed by atoms with E-state index in [0.29, 0.717) is 23.1 Å². The summed E-state index contributed by atoms with van der Waals surface area (Å²) in [5.41, 5.74) is 15.3. The summed E-state index contributed by atoms with van der Waals surface area (Å²) in [5, 5.41) is 13.3. The summed E-state index contributed by atoms with van der Waals surface area (Å²) in [7, 11) is 0. The summed E-state index contributed by atoms with van der Waals surface area (Å²) < 4.78 is 16.2. The zero-order valence-corrected chi connectivity index (χ0v) is 41.4. The molecule has 1 atom stereocenters. The van der Waals surface area contributed by atoms with Crippen molar-refractivity contribution in [1.29, 1.82) is 0 Å². The lowest BCUT2D eigenvalue weighted by Crippen LogP contribution is -2.13. The molecule has 12 aromatic carbocycles. The second-order valence-electron chi connectivity index (χ2n) is 20.6. The first kappa shape index (κ1) is 42.2. The lowest BCUT2D eigenvalue weighted by atomic mass is 9.75. The Labute approximate surface area is 440 Å². The first-order valence-electron chi connectivity index (χ1n) is 26.3. The predicted octanol–water partition coefficient (Wildman–Crippen LogP) is 18.6. The maximum atomic E-state index is 7.39. The van der Waals surface area contributed by atoms with Crippen molar-refractivity contribution in [3.05, 3.63) is 253 Å². The number of nitrogens with zero attached hydrogens (tertiary/aromatic N) is 4. The third-order valence-electron chi connectivity index (χ3n) is 16.4. The van der Waals surface area contributed by atoms with Crippen LogP contribution in [0.25, 0.3) is 149 Å². The van der Waals surface area contributed by atoms with E-state index >= 15 is 0 Å². The third-order valence-corrected chi connectivity index (χ3v) is 16.4. The van der Waals surface area contributed by atoms with Crippen LogP contribution >= 0.6 is 0 Å². The average molecular weight is 983 g/mol. The van der Waals surface area contributed by atoms with Gasteiger partial charge in [-0.3, -0.25) is 0 Å². The van der Waals surface area contributed by atoms with Gasteiger partial charge >= 0.3 is 0 Å². The molecular weight excluding hydrogens is 941 g/mol. The van der Waals surface area contributed by atoms with Crippen LogP contribution in [0.5, 0.6) is 0 Å². The van der Waals surface area contributed by atoms with E-state index in [-0.39, 0.29) is 5.92 Å². The van der Waals surface area contributed by atoms with Crippen molar-refractivity contribution in [2.24, 2.45) is 0 Å². The molecule has 0 saturated heterocycles. The van der Waals surface area contributed by atoms with E-state index in [1.54, 1.807) is 0 Å². The quantitative estimate of drug-likeness (QED) is 0.172. The zero-order valence-electron chi connectivity index (χ0n) is 41.4. The molecule has 0 amide bonds. The normalized spacial score (nSPS) is 13.5. The molecule has 4 aromatic heterocycles. The van der Waals surface area contributed by atoms with E-state index in [2.05, 4.69) is 223 Å². The summed E-state index contributed by atoms with van der Waals surface area (Å²) in [6.45, 7) is 0. The molecule has 17 rings (SSSR count). The van der Waals surface area contributed by atoms with Crippen LogP contribution in [-0.2, 0) is 6.42 Å². The van der Waals surface area contributed by atoms with Gasteiger partial charge < -0.3 is 13.4 Å². The lowest BCUT2D eigenvalue weighted by molar-refractivity contribution is 0.669. The van der Waals surface area contributed by atoms with Gasteiger partial charge in [0.25, 0.3) is 0 Å². The fourth-order valence-corrected chi connectivity index (χ4v) is 12.7. The molecule has 0 bridgehead atoms. The molecule has 16 aromatic rings. The minimum Gasteiger partial charge on any atom is -0.456 e. The van der Waals surface area contributed by atoms with E-state index in [1.807, 2.05) is 18.2 Å². The highest BCUT2D eigenvalue weighted by molar-refractivity contribution is 6.22. The Kier molecular flexibility index (Phi) is 8.86. The molecule has 0 aliphatic heterocycles. The largest absolute Gasteiger partial charge is 0.456 e. The molecule has 6 heteroatoms. The Bertz CT molecular complexity index is 5070. The van der Waals surface area contributed by atoms with Crippen LogP contribution in [0.1, 0.15) is 22.6 Å². The van der Waals surface area contributed by atoms with Crippen LogP contribution in [0.4, 0.5) is 0 Å². The SMILES string of the molecule is c1ccc([C@H]2Cc3ccccc3-c3ccc(-c4nc(-c5ccc6oc7ccccc7c6c5)nc(-c5ccc(-n6c7cc8ccccc8cc7c7cc8ccccc8cc76)c6c5oc5c7ccccc7ccc56)n4)cc32)cc1. The minimum atomic E-state index is 0.146. The second kappa shape index (κ2) is 16.2. The van der Waals surface area contributed by atoms with Gasteiger partial charge in [-0.25, -0.2) is 15.0 Å². The standard InChI is InChI=1S/C71H42N4O2/c1-2-14-41(15-3-1)56-36-47-21-9-10-22-50(47)52-29-27-48(37-57(52)56)69-72-70(49-28-33-65-60(38-49)53-24-12-13-25-64(53)76-65)74-71(73-69)55-31-32-61(66-54-30-26-42-16-8-11-23-51(42)67(54)77-68(55)66)75-62-39-45-19-6-4-17-43(45)34-58(62)59-35-44-18-5-7-20-46(44)40-63(59)75/h1-35,37-40,56H,36H2/t56-/m1/s1. The number of rotatable bonds is 5. The van der Waals surface area contributed by atoms with Crippen molar-refractivity contribution in [2.75, 3.05) is 0 Å². The van der Waals surface area contributed by atoms with Crippen LogP contribution in [0.3, 0.4) is 0 Å². The molecule has 0 unspecified atom stereocenters. The van der Waals surface area contributed by atoms with Crippen LogP contribution in [-0.4, -0.2) is 19.5 Å². The number of aromatic nitrogens is 4. The van der Waals surface area contributed by atoms with Crippen LogP contribution in [0, 0.1) is 0 Å². The number of hydrogen-bond donors (Lipinski definition) is 0. The average Bonchev–Trinajstić information content (AvgIpc) is 4.38. The summed E-state index contributed by atoms with van der Waals surface area (Å²) in [6.07, 6.45) is 0.895. The van der Waals surface area contributed by atoms with E-state index in [0.717, 1.165) is 88.9 Å². The van der Waals surface area contributed by atoms with Gasteiger partial charge in [-0.05, 0) is 134 Å². The first-order valence-corrected chi connectivity index (χ1v) is 26.3. The maximum Gasteiger partial charge on any atom is 0.167 e. The van der Waals surface area contributed by atoms with Crippen LogP contribution in [0.2, 0.25) is 0 Å². The Balaban J connectivity index is 0.952. The third kappa shape index (κ3) is 6.39. The number of benzene rings is 12. The molecule has 0 fully saturated rings. The Morgan fingerprint density at radius 3 is 1.73 bits per heavy atom. The molecule has 1 aliphatic carbocycles. The molecule has 6 nitrogen and oxygen atoms in total. The molecule has 0 radical (unpaired) electrons. The van der Waals surface area contributed by atoms with Gasteiger partial charge in [-0.15, -0.1) is 0 Å². The molecular formula is C71H42N4O2. The molecule has 77 heavy (non-hydrogen) atoms. The highest BCUT2D eigenvalue weighted by atomic mass is 16.3. The summed E-state index contributed by atoms with van der Waals surface area (Å²) in [6, 6.07) is 84.9. The van der Waals surface area contributed by atoms with Crippen molar-refractivity contribution in [2.45, 2.75) is 12.3 Å². The maximum absolute atomic E-state index is 7.39. The highest BCUT2D eigenvalue weighted by Gasteiger charge is 2.29. The van der Waals surface area contributed by atoms with Gasteiger partial charge in [-0.1, -0.05) is 164 Å². The lowest BCUT2D eigenvalue weighted by Gasteiger charge is -2.29. The van der Waals surface area contributed by atoms with Crippen LogP contribution < -0.4 is 0 Å². The molecule has 4 heterocycles. The second-order valence-corrected chi connectivity index (χ2v) is 20.6. The highest BCUT2D eigenvalue weighted by Crippen LogP contribution is 2.47. The summed E-state index contributed by atoms with van der Waals surface area (Å²) in [4.78, 5) is 16.4. The van der Waals surface area contributed by atoms with Gasteiger partial charge in [-0.2, -0.15) is 0 Å². The van der Waals surface area contributed by atoms with Gasteiger partial charge in [0.05, 0.1) is 27.7 Å². The van der Waals surface area contributed by atoms with Crippen LogP contribution in [0.15, 0.2) is 245 Å². The molecule has 0 spiro atoms. The zero-order chi connectivity index (χ0) is 50.3. The van der Waals surface area contributed by atoms with Gasteiger partial charge in [0.1, 0.15) is 22.3 Å². The molecule has 0 N–H and O–H groups in total. The minimum absolute atomic E-state index is 0.146. The van der Waals surface area contributed by atoms with E-state index < -0.39 is 0 Å². The van der Waals surface area contributed by atoms with Crippen molar-refractivity contribution in [3.8, 4) is 51.0 Å². The van der Waals surface area contributed by atoms with Crippen molar-refractivity contribution < 1.29 is 8.83 Å². The molecule has 1 aliphatic rings. The van der Waals surface area contributed by atoms with E-state index in [4.69, 9.17) is 23.8 Å². The van der Waals surface area contributed by atoms with Crippen molar-refractivity contribution in [1.82, 2.24) is 19.5 Å². The number of hydrogen-bond acceptors (Lipinski definition) is 5. The monoisotopic (exact) mass is 982 g/mol. The predicted molar refractivity (Wildman–Crippen MR) is 315 cm³/mol. The fourth-order valence-electron chi connectivity index (χ4n) is 12.7. The first-order chi connectivity index (χ1) is 38.1. The molecule has 358 valence electrons. The Morgan fingerprint density at radius 2 is 0.961 bits per heavy atom. The van der Waals surface area contributed by atoms with Gasteiger partial charge in [0, 0.05) is 49.4 Å². The number of furan rings is 2. The molecule has 0 saturated carbocycles. The topological polar surface area (TPSA) is 69.9 Å². The van der Waals surface area contributed by atoms with E-state index in [9.17, 15) is 0 Å². The number of para-hydroxylation sites is 1. The van der Waals surface area contributed by atoms with Gasteiger partial charge in [0.2, 0.25) is 0 Å². The summed E-state index contributed by atoms with van der Waals surface area (Å²) in [5.74, 6) is 1.80. The summed E-state index contributed by atoms with van der Waals surface area (Å²) >= 11 is 0. The Morgan fingerprint density at radius 1 is 0.364 bits per heavy atom. The Hall–Kier alpha value is -10.2. The number of fused-ring (bicyclic) bond motifs is 16.